The molecule has 4 heteroatoms. The predicted octanol–water partition coefficient (Wildman–Crippen LogP) is 3.08. The van der Waals surface area contributed by atoms with Gasteiger partial charge in [0, 0.05) is 17.6 Å². The quantitative estimate of drug-likeness (QED) is 0.868. The van der Waals surface area contributed by atoms with E-state index in [1.54, 1.807) is 6.07 Å². The molecule has 3 nitrogen and oxygen atoms in total. The highest BCUT2D eigenvalue weighted by atomic mass is 79.9. The van der Waals surface area contributed by atoms with Crippen molar-refractivity contribution in [2.45, 2.75) is 32.6 Å². The Morgan fingerprint density at radius 3 is 2.78 bits per heavy atom. The number of nitrogens with zero attached hydrogens (tertiary/aromatic N) is 1. The first-order valence-electron chi connectivity index (χ1n) is 6.43. The van der Waals surface area contributed by atoms with E-state index in [0.717, 1.165) is 17.6 Å². The zero-order valence-electron chi connectivity index (χ0n) is 10.7. The lowest BCUT2D eigenvalue weighted by molar-refractivity contribution is 0.0930. The third kappa shape index (κ3) is 3.10. The lowest BCUT2D eigenvalue weighted by Gasteiger charge is -2.26. The van der Waals surface area contributed by atoms with Crippen LogP contribution in [0.15, 0.2) is 18.2 Å². The second kappa shape index (κ2) is 5.83. The molecule has 0 aliphatic heterocycles. The van der Waals surface area contributed by atoms with Crippen LogP contribution in [0.3, 0.4) is 0 Å². The predicted molar refractivity (Wildman–Crippen MR) is 76.0 cm³/mol. The van der Waals surface area contributed by atoms with Gasteiger partial charge in [-0.25, -0.2) is 4.98 Å². The van der Waals surface area contributed by atoms with Crippen LogP contribution in [0.5, 0.6) is 0 Å². The van der Waals surface area contributed by atoms with Gasteiger partial charge in [0.25, 0.3) is 5.91 Å². The van der Waals surface area contributed by atoms with Gasteiger partial charge in [0.05, 0.1) is 0 Å². The fraction of sp³-hybridized carbons (Fsp3) is 0.571. The number of amides is 1. The summed E-state index contributed by atoms with van der Waals surface area (Å²) in [5.41, 5.74) is 1.64. The minimum Gasteiger partial charge on any atom is -0.350 e. The van der Waals surface area contributed by atoms with Gasteiger partial charge in [0.15, 0.2) is 0 Å². The van der Waals surface area contributed by atoms with Gasteiger partial charge in [-0.1, -0.05) is 34.8 Å². The monoisotopic (exact) mass is 310 g/mol. The molecule has 1 heterocycles. The number of carbonyl (C=O) groups excluding carboxylic acids is 1. The summed E-state index contributed by atoms with van der Waals surface area (Å²) in [7, 11) is 0. The largest absolute Gasteiger partial charge is 0.350 e. The number of carbonyl (C=O) groups is 1. The first-order valence-corrected chi connectivity index (χ1v) is 7.55. The van der Waals surface area contributed by atoms with Crippen LogP contribution >= 0.6 is 15.9 Å². The number of aromatic nitrogens is 1. The fourth-order valence-corrected chi connectivity index (χ4v) is 3.27. The molecule has 98 valence electrons. The fourth-order valence-electron chi connectivity index (χ4n) is 2.51. The van der Waals surface area contributed by atoms with Crippen molar-refractivity contribution in [1.82, 2.24) is 10.3 Å². The van der Waals surface area contributed by atoms with Crippen LogP contribution in [0.1, 0.15) is 41.9 Å². The number of nitrogens with one attached hydrogen (secondary N) is 1. The molecule has 0 spiro atoms. The van der Waals surface area contributed by atoms with Crippen LogP contribution in [0.4, 0.5) is 0 Å². The van der Waals surface area contributed by atoms with Crippen LogP contribution in [-0.2, 0) is 0 Å². The lowest BCUT2D eigenvalue weighted by Crippen LogP contribution is -2.37. The molecule has 1 aliphatic rings. The van der Waals surface area contributed by atoms with Crippen molar-refractivity contribution in [3.8, 4) is 0 Å². The highest BCUT2D eigenvalue weighted by molar-refractivity contribution is 9.09. The van der Waals surface area contributed by atoms with Crippen LogP contribution in [0, 0.1) is 12.3 Å². The van der Waals surface area contributed by atoms with Crippen LogP contribution in [-0.4, -0.2) is 22.8 Å². The number of alkyl halides is 1. The van der Waals surface area contributed by atoms with E-state index in [1.165, 1.54) is 25.7 Å². The summed E-state index contributed by atoms with van der Waals surface area (Å²) in [5, 5.41) is 3.99. The maximum Gasteiger partial charge on any atom is 0.269 e. The maximum atomic E-state index is 12.0. The third-order valence-corrected chi connectivity index (χ3v) is 4.88. The van der Waals surface area contributed by atoms with E-state index in [4.69, 9.17) is 0 Å². The zero-order chi connectivity index (χ0) is 13.0. The molecular weight excluding hydrogens is 292 g/mol. The van der Waals surface area contributed by atoms with Crippen LogP contribution in [0.25, 0.3) is 0 Å². The third-order valence-electron chi connectivity index (χ3n) is 3.69. The molecule has 1 aromatic rings. The Morgan fingerprint density at radius 2 is 2.17 bits per heavy atom. The van der Waals surface area contributed by atoms with Crippen molar-refractivity contribution < 1.29 is 4.79 Å². The number of hydrogen-bond donors (Lipinski definition) is 1. The van der Waals surface area contributed by atoms with E-state index in [-0.39, 0.29) is 11.3 Å². The Hall–Kier alpha value is -0.900. The molecule has 0 bridgehead atoms. The zero-order valence-corrected chi connectivity index (χ0v) is 12.3. The Bertz CT molecular complexity index is 428. The highest BCUT2D eigenvalue weighted by Gasteiger charge is 2.33. The van der Waals surface area contributed by atoms with Gasteiger partial charge in [0.1, 0.15) is 5.69 Å². The SMILES string of the molecule is Cc1cccc(C(=O)NCC2(CBr)CCCC2)n1. The van der Waals surface area contributed by atoms with E-state index in [9.17, 15) is 4.79 Å². The molecule has 0 atom stereocenters. The standard InChI is InChI=1S/C14H19BrN2O/c1-11-5-4-6-12(17-11)13(18)16-10-14(9-15)7-2-3-8-14/h4-6H,2-3,7-10H2,1H3,(H,16,18). The Kier molecular flexibility index (Phi) is 4.38. The Labute approximate surface area is 117 Å². The van der Waals surface area contributed by atoms with Crippen molar-refractivity contribution in [1.29, 1.82) is 0 Å². The first-order chi connectivity index (χ1) is 8.65. The summed E-state index contributed by atoms with van der Waals surface area (Å²) in [6.07, 6.45) is 4.92. The van der Waals surface area contributed by atoms with Gasteiger partial charge >= 0.3 is 0 Å². The summed E-state index contributed by atoms with van der Waals surface area (Å²) >= 11 is 3.58. The van der Waals surface area contributed by atoms with E-state index in [2.05, 4.69) is 26.2 Å². The first kappa shape index (κ1) is 13.5. The highest BCUT2D eigenvalue weighted by Crippen LogP contribution is 2.38. The molecule has 0 aromatic carbocycles. The molecule has 0 radical (unpaired) electrons. The van der Waals surface area contributed by atoms with Gasteiger partial charge in [-0.3, -0.25) is 4.79 Å². The molecule has 1 N–H and O–H groups in total. The van der Waals surface area contributed by atoms with E-state index in [1.807, 2.05) is 19.1 Å². The molecule has 18 heavy (non-hydrogen) atoms. The van der Waals surface area contributed by atoms with Crippen molar-refractivity contribution in [3.63, 3.8) is 0 Å². The van der Waals surface area contributed by atoms with E-state index in [0.29, 0.717) is 5.69 Å². The lowest BCUT2D eigenvalue weighted by atomic mass is 9.89. The summed E-state index contributed by atoms with van der Waals surface area (Å²) < 4.78 is 0. The smallest absolute Gasteiger partial charge is 0.269 e. The average molecular weight is 311 g/mol. The van der Waals surface area contributed by atoms with Gasteiger partial charge in [0.2, 0.25) is 0 Å². The number of pyridine rings is 1. The molecule has 2 rings (SSSR count). The molecule has 1 aliphatic carbocycles. The summed E-state index contributed by atoms with van der Waals surface area (Å²) in [6.45, 7) is 2.64. The number of halogens is 1. The topological polar surface area (TPSA) is 42.0 Å². The van der Waals surface area contributed by atoms with Gasteiger partial charge in [-0.05, 0) is 37.3 Å². The number of rotatable bonds is 4. The average Bonchev–Trinajstić information content (AvgIpc) is 2.85. The summed E-state index contributed by atoms with van der Waals surface area (Å²) in [4.78, 5) is 16.3. The number of hydrogen-bond acceptors (Lipinski definition) is 2. The minimum absolute atomic E-state index is 0.0640. The molecule has 0 unspecified atom stereocenters. The second-order valence-electron chi connectivity index (χ2n) is 5.19. The van der Waals surface area contributed by atoms with Crippen molar-refractivity contribution in [3.05, 3.63) is 29.6 Å². The second-order valence-corrected chi connectivity index (χ2v) is 5.75. The van der Waals surface area contributed by atoms with Gasteiger partial charge in [-0.15, -0.1) is 0 Å². The maximum absolute atomic E-state index is 12.0. The number of aryl methyl sites for hydroxylation is 1. The normalized spacial score (nSPS) is 17.7. The molecule has 1 saturated carbocycles. The minimum atomic E-state index is -0.0640. The Balaban J connectivity index is 1.96. The summed E-state index contributed by atoms with van der Waals surface area (Å²) in [5.74, 6) is -0.0640. The molecular formula is C14H19BrN2O. The molecule has 1 fully saturated rings. The van der Waals surface area contributed by atoms with Gasteiger partial charge in [-0.2, -0.15) is 0 Å². The van der Waals surface area contributed by atoms with E-state index < -0.39 is 0 Å². The van der Waals surface area contributed by atoms with Crippen molar-refractivity contribution in [2.75, 3.05) is 11.9 Å². The van der Waals surface area contributed by atoms with E-state index >= 15 is 0 Å². The summed E-state index contributed by atoms with van der Waals surface area (Å²) in [6, 6.07) is 5.53. The molecule has 1 aromatic heterocycles. The Morgan fingerprint density at radius 1 is 1.44 bits per heavy atom. The van der Waals surface area contributed by atoms with Crippen LogP contribution < -0.4 is 5.32 Å². The molecule has 0 saturated heterocycles. The molecule has 1 amide bonds. The van der Waals surface area contributed by atoms with Crippen molar-refractivity contribution >= 4 is 21.8 Å². The van der Waals surface area contributed by atoms with Gasteiger partial charge < -0.3 is 5.32 Å². The van der Waals surface area contributed by atoms with Crippen LogP contribution in [0.2, 0.25) is 0 Å². The van der Waals surface area contributed by atoms with Crippen molar-refractivity contribution in [2.24, 2.45) is 5.41 Å².